The van der Waals surface area contributed by atoms with Crippen LogP contribution in [0.25, 0.3) is 10.8 Å². The average molecular weight is 399 g/mol. The highest BCUT2D eigenvalue weighted by atomic mass is 16.3. The van der Waals surface area contributed by atoms with Gasteiger partial charge in [0.2, 0.25) is 5.91 Å². The highest BCUT2D eigenvalue weighted by molar-refractivity contribution is 5.96. The first-order valence-corrected chi connectivity index (χ1v) is 9.61. The van der Waals surface area contributed by atoms with E-state index in [0.29, 0.717) is 23.7 Å². The summed E-state index contributed by atoms with van der Waals surface area (Å²) in [6, 6.07) is 24.2. The molecule has 1 aromatic heterocycles. The van der Waals surface area contributed by atoms with E-state index in [4.69, 9.17) is 4.42 Å². The minimum absolute atomic E-state index is 0.0942. The molecule has 6 nitrogen and oxygen atoms in total. The van der Waals surface area contributed by atoms with Gasteiger partial charge in [-0.15, -0.1) is 0 Å². The summed E-state index contributed by atoms with van der Waals surface area (Å²) in [5.41, 5.74) is 2.28. The number of urea groups is 1. The van der Waals surface area contributed by atoms with Gasteiger partial charge in [0.15, 0.2) is 0 Å². The van der Waals surface area contributed by atoms with Crippen molar-refractivity contribution < 1.29 is 14.0 Å². The minimum Gasteiger partial charge on any atom is -0.467 e. The summed E-state index contributed by atoms with van der Waals surface area (Å²) in [4.78, 5) is 24.4. The van der Waals surface area contributed by atoms with E-state index in [1.165, 1.54) is 0 Å². The fourth-order valence-corrected chi connectivity index (χ4v) is 3.22. The van der Waals surface area contributed by atoms with Crippen LogP contribution >= 0.6 is 0 Å². The van der Waals surface area contributed by atoms with E-state index in [0.717, 1.165) is 16.3 Å². The maximum Gasteiger partial charge on any atom is 0.319 e. The third-order valence-electron chi connectivity index (χ3n) is 4.66. The van der Waals surface area contributed by atoms with Crippen molar-refractivity contribution in [3.8, 4) is 0 Å². The number of rotatable bonds is 6. The van der Waals surface area contributed by atoms with Crippen molar-refractivity contribution in [3.63, 3.8) is 0 Å². The molecule has 0 radical (unpaired) electrons. The predicted molar refractivity (Wildman–Crippen MR) is 117 cm³/mol. The average Bonchev–Trinajstić information content (AvgIpc) is 3.28. The number of furan rings is 1. The second kappa shape index (κ2) is 8.96. The number of hydrogen-bond acceptors (Lipinski definition) is 3. The van der Waals surface area contributed by atoms with Gasteiger partial charge in [0.25, 0.3) is 0 Å². The molecule has 4 rings (SSSR count). The third kappa shape index (κ3) is 4.86. The van der Waals surface area contributed by atoms with E-state index in [1.54, 1.807) is 42.7 Å². The van der Waals surface area contributed by atoms with E-state index < -0.39 is 0 Å². The SMILES string of the molecule is O=C(Cc1cccc2ccccc12)Nc1ccc(NC(=O)NCc2ccco2)cc1. The first-order valence-electron chi connectivity index (χ1n) is 9.61. The van der Waals surface area contributed by atoms with E-state index in [9.17, 15) is 9.59 Å². The van der Waals surface area contributed by atoms with Gasteiger partial charge < -0.3 is 20.4 Å². The summed E-state index contributed by atoms with van der Waals surface area (Å²) in [7, 11) is 0. The Bertz CT molecular complexity index is 1150. The van der Waals surface area contributed by atoms with Crippen molar-refractivity contribution in [2.75, 3.05) is 10.6 Å². The Labute approximate surface area is 173 Å². The maximum atomic E-state index is 12.5. The molecular weight excluding hydrogens is 378 g/mol. The van der Waals surface area contributed by atoms with Gasteiger partial charge in [-0.2, -0.15) is 0 Å². The normalized spacial score (nSPS) is 10.5. The third-order valence-corrected chi connectivity index (χ3v) is 4.66. The van der Waals surface area contributed by atoms with Gasteiger partial charge in [0.1, 0.15) is 5.76 Å². The number of carbonyl (C=O) groups excluding carboxylic acids is 2. The molecule has 6 heteroatoms. The highest BCUT2D eigenvalue weighted by Gasteiger charge is 2.08. The van der Waals surface area contributed by atoms with Crippen LogP contribution in [0.5, 0.6) is 0 Å². The van der Waals surface area contributed by atoms with Crippen LogP contribution in [0.1, 0.15) is 11.3 Å². The van der Waals surface area contributed by atoms with Gasteiger partial charge >= 0.3 is 6.03 Å². The summed E-state index contributed by atoms with van der Waals surface area (Å²) in [6.07, 6.45) is 1.85. The van der Waals surface area contributed by atoms with Crippen molar-refractivity contribution in [2.24, 2.45) is 0 Å². The van der Waals surface area contributed by atoms with E-state index >= 15 is 0 Å². The summed E-state index contributed by atoms with van der Waals surface area (Å²) in [6.45, 7) is 0.307. The number of carbonyl (C=O) groups is 2. The van der Waals surface area contributed by atoms with Crippen molar-refractivity contribution >= 4 is 34.1 Å². The number of fused-ring (bicyclic) bond motifs is 1. The Kier molecular flexibility index (Phi) is 5.75. The second-order valence-corrected chi connectivity index (χ2v) is 6.83. The number of nitrogens with one attached hydrogen (secondary N) is 3. The van der Waals surface area contributed by atoms with Gasteiger partial charge in [-0.25, -0.2) is 4.79 Å². The zero-order chi connectivity index (χ0) is 20.8. The molecule has 3 aromatic carbocycles. The van der Waals surface area contributed by atoms with Crippen LogP contribution in [0, 0.1) is 0 Å². The number of anilines is 2. The molecule has 0 unspecified atom stereocenters. The zero-order valence-corrected chi connectivity index (χ0v) is 16.2. The van der Waals surface area contributed by atoms with Crippen LogP contribution in [0.2, 0.25) is 0 Å². The fourth-order valence-electron chi connectivity index (χ4n) is 3.22. The lowest BCUT2D eigenvalue weighted by Gasteiger charge is -2.10. The number of benzene rings is 3. The predicted octanol–water partition coefficient (Wildman–Crippen LogP) is 4.94. The molecule has 0 bridgehead atoms. The summed E-state index contributed by atoms with van der Waals surface area (Å²) in [5, 5.41) is 10.5. The molecule has 0 aliphatic rings. The van der Waals surface area contributed by atoms with Crippen molar-refractivity contribution in [3.05, 3.63) is 96.4 Å². The Morgan fingerprint density at radius 2 is 1.50 bits per heavy atom. The van der Waals surface area contributed by atoms with E-state index in [-0.39, 0.29) is 18.4 Å². The van der Waals surface area contributed by atoms with Gasteiger partial charge in [-0.05, 0) is 52.7 Å². The molecule has 3 amide bonds. The van der Waals surface area contributed by atoms with Crippen molar-refractivity contribution in [2.45, 2.75) is 13.0 Å². The molecule has 30 heavy (non-hydrogen) atoms. The van der Waals surface area contributed by atoms with Crippen LogP contribution in [0.15, 0.2) is 89.5 Å². The molecular formula is C24H21N3O3. The first-order chi connectivity index (χ1) is 14.7. The highest BCUT2D eigenvalue weighted by Crippen LogP contribution is 2.20. The lowest BCUT2D eigenvalue weighted by Crippen LogP contribution is -2.27. The Morgan fingerprint density at radius 3 is 2.27 bits per heavy atom. The maximum absolute atomic E-state index is 12.5. The quantitative estimate of drug-likeness (QED) is 0.430. The molecule has 1 heterocycles. The Balaban J connectivity index is 1.31. The van der Waals surface area contributed by atoms with Gasteiger partial charge in [-0.3, -0.25) is 4.79 Å². The molecule has 0 atom stereocenters. The fraction of sp³-hybridized carbons (Fsp3) is 0.0833. The second-order valence-electron chi connectivity index (χ2n) is 6.83. The molecule has 0 fully saturated rings. The number of amides is 3. The van der Waals surface area contributed by atoms with E-state index in [1.807, 2.05) is 42.5 Å². The molecule has 0 spiro atoms. The standard InChI is InChI=1S/C24H21N3O3/c28-23(15-18-7-3-6-17-5-1-2-9-22(17)18)26-19-10-12-20(13-11-19)27-24(29)25-16-21-8-4-14-30-21/h1-14H,15-16H2,(H,26,28)(H2,25,27,29). The molecule has 3 N–H and O–H groups in total. The Hall–Kier alpha value is -4.06. The molecule has 0 aliphatic carbocycles. The van der Waals surface area contributed by atoms with Gasteiger partial charge in [-0.1, -0.05) is 42.5 Å². The molecule has 0 saturated heterocycles. The lowest BCUT2D eigenvalue weighted by molar-refractivity contribution is -0.115. The monoisotopic (exact) mass is 399 g/mol. The van der Waals surface area contributed by atoms with Gasteiger partial charge in [0.05, 0.1) is 19.2 Å². The largest absolute Gasteiger partial charge is 0.467 e. The summed E-state index contributed by atoms with van der Waals surface area (Å²) in [5.74, 6) is 0.581. The van der Waals surface area contributed by atoms with Crippen LogP contribution in [0.4, 0.5) is 16.2 Å². The topological polar surface area (TPSA) is 83.4 Å². The summed E-state index contributed by atoms with van der Waals surface area (Å²) < 4.78 is 5.17. The molecule has 0 saturated carbocycles. The molecule has 4 aromatic rings. The number of hydrogen-bond donors (Lipinski definition) is 3. The van der Waals surface area contributed by atoms with E-state index in [2.05, 4.69) is 16.0 Å². The van der Waals surface area contributed by atoms with Crippen molar-refractivity contribution in [1.82, 2.24) is 5.32 Å². The summed E-state index contributed by atoms with van der Waals surface area (Å²) >= 11 is 0. The lowest BCUT2D eigenvalue weighted by atomic mass is 10.0. The smallest absolute Gasteiger partial charge is 0.319 e. The first kappa shape index (κ1) is 19.3. The van der Waals surface area contributed by atoms with Crippen LogP contribution < -0.4 is 16.0 Å². The van der Waals surface area contributed by atoms with Crippen molar-refractivity contribution in [1.29, 1.82) is 0 Å². The minimum atomic E-state index is -0.334. The molecule has 0 aliphatic heterocycles. The van der Waals surface area contributed by atoms with Crippen LogP contribution in [0.3, 0.4) is 0 Å². The van der Waals surface area contributed by atoms with Crippen LogP contribution in [-0.4, -0.2) is 11.9 Å². The zero-order valence-electron chi connectivity index (χ0n) is 16.2. The molecule has 150 valence electrons. The van der Waals surface area contributed by atoms with Crippen LogP contribution in [-0.2, 0) is 17.8 Å². The van der Waals surface area contributed by atoms with Gasteiger partial charge in [0, 0.05) is 11.4 Å². The Morgan fingerprint density at radius 1 is 0.767 bits per heavy atom.